The SMILES string of the molecule is COc1ccc(CN(C)C(=O)CSc2nnc(C)n2-c2cc(C)ccc2C)cc1OC(F)F. The highest BCUT2D eigenvalue weighted by Crippen LogP contribution is 2.30. The Morgan fingerprint density at radius 2 is 1.88 bits per heavy atom. The van der Waals surface area contributed by atoms with Crippen molar-refractivity contribution in [2.24, 2.45) is 0 Å². The van der Waals surface area contributed by atoms with Crippen molar-refractivity contribution in [2.45, 2.75) is 39.1 Å². The number of hydrogen-bond acceptors (Lipinski definition) is 6. The molecule has 1 heterocycles. The number of aromatic nitrogens is 3. The van der Waals surface area contributed by atoms with Gasteiger partial charge in [-0.3, -0.25) is 9.36 Å². The summed E-state index contributed by atoms with van der Waals surface area (Å²) in [7, 11) is 3.03. The molecule has 0 spiro atoms. The first kappa shape index (κ1) is 24.5. The standard InChI is InChI=1S/C23H26F2N4O3S/c1-14-6-7-15(2)18(10-14)29-16(3)26-27-23(29)33-13-21(30)28(4)12-17-8-9-19(31-5)20(11-17)32-22(24)25/h6-11,22H,12-13H2,1-5H3. The van der Waals surface area contributed by atoms with Gasteiger partial charge in [0.1, 0.15) is 5.82 Å². The van der Waals surface area contributed by atoms with Gasteiger partial charge >= 0.3 is 6.61 Å². The zero-order chi connectivity index (χ0) is 24.1. The van der Waals surface area contributed by atoms with E-state index in [1.165, 1.54) is 35.9 Å². The van der Waals surface area contributed by atoms with Crippen LogP contribution in [0, 0.1) is 20.8 Å². The van der Waals surface area contributed by atoms with E-state index in [1.807, 2.05) is 37.5 Å². The molecule has 3 rings (SSSR count). The van der Waals surface area contributed by atoms with Crippen molar-refractivity contribution in [1.29, 1.82) is 0 Å². The fraction of sp³-hybridized carbons (Fsp3) is 0.348. The highest BCUT2D eigenvalue weighted by Gasteiger charge is 2.18. The first-order valence-electron chi connectivity index (χ1n) is 10.2. The van der Waals surface area contributed by atoms with Gasteiger partial charge in [-0.2, -0.15) is 8.78 Å². The van der Waals surface area contributed by atoms with E-state index in [0.717, 1.165) is 22.6 Å². The van der Waals surface area contributed by atoms with E-state index in [4.69, 9.17) is 4.74 Å². The number of carbonyl (C=O) groups excluding carboxylic acids is 1. The second-order valence-corrected chi connectivity index (χ2v) is 8.50. The monoisotopic (exact) mass is 476 g/mol. The van der Waals surface area contributed by atoms with Crippen LogP contribution in [0.5, 0.6) is 11.5 Å². The van der Waals surface area contributed by atoms with Gasteiger partial charge in [0.25, 0.3) is 0 Å². The summed E-state index contributed by atoms with van der Waals surface area (Å²) in [6.45, 7) is 3.16. The third-order valence-corrected chi connectivity index (χ3v) is 5.93. The normalized spacial score (nSPS) is 11.0. The molecule has 0 bridgehead atoms. The van der Waals surface area contributed by atoms with Crippen LogP contribution >= 0.6 is 11.8 Å². The first-order valence-corrected chi connectivity index (χ1v) is 11.2. The Balaban J connectivity index is 1.69. The number of methoxy groups -OCH3 is 1. The molecule has 0 aliphatic carbocycles. The topological polar surface area (TPSA) is 69.5 Å². The van der Waals surface area contributed by atoms with Crippen LogP contribution in [0.4, 0.5) is 8.78 Å². The van der Waals surface area contributed by atoms with Crippen molar-refractivity contribution in [3.63, 3.8) is 0 Å². The van der Waals surface area contributed by atoms with Gasteiger partial charge < -0.3 is 14.4 Å². The van der Waals surface area contributed by atoms with Gasteiger partial charge in [0, 0.05) is 13.6 Å². The number of nitrogens with zero attached hydrogens (tertiary/aromatic N) is 4. The molecule has 3 aromatic rings. The lowest BCUT2D eigenvalue weighted by Crippen LogP contribution is -2.28. The molecule has 7 nitrogen and oxygen atoms in total. The fourth-order valence-electron chi connectivity index (χ4n) is 3.28. The predicted molar refractivity (Wildman–Crippen MR) is 122 cm³/mol. The number of rotatable bonds is 9. The van der Waals surface area contributed by atoms with Gasteiger partial charge in [-0.25, -0.2) is 0 Å². The van der Waals surface area contributed by atoms with Gasteiger partial charge in [0.15, 0.2) is 16.7 Å². The smallest absolute Gasteiger partial charge is 0.387 e. The van der Waals surface area contributed by atoms with Crippen LogP contribution in [0.2, 0.25) is 0 Å². The Kier molecular flexibility index (Phi) is 7.91. The molecular formula is C23H26F2N4O3S. The van der Waals surface area contributed by atoms with Crippen molar-refractivity contribution in [3.8, 4) is 17.2 Å². The molecule has 176 valence electrons. The van der Waals surface area contributed by atoms with E-state index < -0.39 is 6.61 Å². The molecule has 0 atom stereocenters. The molecule has 2 aromatic carbocycles. The Bertz CT molecular complexity index is 1140. The van der Waals surface area contributed by atoms with E-state index in [1.54, 1.807) is 13.1 Å². The summed E-state index contributed by atoms with van der Waals surface area (Å²) in [6.07, 6.45) is 0. The maximum absolute atomic E-state index is 12.8. The number of thioether (sulfide) groups is 1. The third kappa shape index (κ3) is 6.01. The number of hydrogen-bond donors (Lipinski definition) is 0. The molecule has 0 radical (unpaired) electrons. The molecule has 0 saturated heterocycles. The molecule has 0 aliphatic rings. The molecule has 1 aromatic heterocycles. The zero-order valence-electron chi connectivity index (χ0n) is 19.1. The molecule has 0 saturated carbocycles. The quantitative estimate of drug-likeness (QED) is 0.422. The number of alkyl halides is 2. The number of carbonyl (C=O) groups is 1. The number of halogens is 2. The molecule has 10 heteroatoms. The predicted octanol–water partition coefficient (Wildman–Crippen LogP) is 4.55. The van der Waals surface area contributed by atoms with E-state index in [2.05, 4.69) is 21.0 Å². The maximum Gasteiger partial charge on any atom is 0.387 e. The highest BCUT2D eigenvalue weighted by atomic mass is 32.2. The van der Waals surface area contributed by atoms with Gasteiger partial charge in [-0.1, -0.05) is 30.0 Å². The summed E-state index contributed by atoms with van der Waals surface area (Å²) in [5.74, 6) is 0.870. The van der Waals surface area contributed by atoms with Gasteiger partial charge in [-0.05, 0) is 55.7 Å². The lowest BCUT2D eigenvalue weighted by molar-refractivity contribution is -0.127. The van der Waals surface area contributed by atoms with Crippen molar-refractivity contribution in [3.05, 3.63) is 58.9 Å². The number of amides is 1. The van der Waals surface area contributed by atoms with E-state index in [9.17, 15) is 13.6 Å². The second kappa shape index (κ2) is 10.7. The van der Waals surface area contributed by atoms with Crippen LogP contribution in [0.25, 0.3) is 5.69 Å². The fourth-order valence-corrected chi connectivity index (χ4v) is 4.21. The Morgan fingerprint density at radius 3 is 2.58 bits per heavy atom. The average Bonchev–Trinajstić information content (AvgIpc) is 3.13. The molecule has 0 aliphatic heterocycles. The third-order valence-electron chi connectivity index (χ3n) is 5.02. The highest BCUT2D eigenvalue weighted by molar-refractivity contribution is 7.99. The summed E-state index contributed by atoms with van der Waals surface area (Å²) in [6, 6.07) is 10.8. The second-order valence-electron chi connectivity index (χ2n) is 7.56. The number of ether oxygens (including phenoxy) is 2. The Labute approximate surface area is 195 Å². The summed E-state index contributed by atoms with van der Waals surface area (Å²) >= 11 is 1.30. The average molecular weight is 477 g/mol. The Hall–Kier alpha value is -3.14. The van der Waals surface area contributed by atoms with Crippen LogP contribution in [0.3, 0.4) is 0 Å². The zero-order valence-corrected chi connectivity index (χ0v) is 19.9. The van der Waals surface area contributed by atoms with Crippen LogP contribution in [0.1, 0.15) is 22.5 Å². The Morgan fingerprint density at radius 1 is 1.12 bits per heavy atom. The van der Waals surface area contributed by atoms with E-state index >= 15 is 0 Å². The van der Waals surface area contributed by atoms with Crippen LogP contribution in [-0.2, 0) is 11.3 Å². The van der Waals surface area contributed by atoms with Crippen molar-refractivity contribution < 1.29 is 23.0 Å². The van der Waals surface area contributed by atoms with Crippen LogP contribution in [-0.4, -0.2) is 52.1 Å². The number of benzene rings is 2. The largest absolute Gasteiger partial charge is 0.493 e. The maximum atomic E-state index is 12.8. The van der Waals surface area contributed by atoms with Gasteiger partial charge in [-0.15, -0.1) is 10.2 Å². The molecule has 1 amide bonds. The summed E-state index contributed by atoms with van der Waals surface area (Å²) in [5.41, 5.74) is 3.81. The van der Waals surface area contributed by atoms with Crippen molar-refractivity contribution >= 4 is 17.7 Å². The van der Waals surface area contributed by atoms with Gasteiger partial charge in [0.05, 0.1) is 18.6 Å². The molecule has 0 unspecified atom stereocenters. The van der Waals surface area contributed by atoms with E-state index in [-0.39, 0.29) is 29.7 Å². The first-order chi connectivity index (χ1) is 15.7. The minimum absolute atomic E-state index is 0.0719. The minimum Gasteiger partial charge on any atom is -0.493 e. The minimum atomic E-state index is -2.97. The van der Waals surface area contributed by atoms with Crippen molar-refractivity contribution in [1.82, 2.24) is 19.7 Å². The summed E-state index contributed by atoms with van der Waals surface area (Å²) in [4.78, 5) is 14.3. The van der Waals surface area contributed by atoms with Crippen LogP contribution < -0.4 is 9.47 Å². The molecular weight excluding hydrogens is 450 g/mol. The summed E-state index contributed by atoms with van der Waals surface area (Å²) in [5, 5.41) is 9.05. The lowest BCUT2D eigenvalue weighted by atomic mass is 10.1. The lowest BCUT2D eigenvalue weighted by Gasteiger charge is -2.18. The van der Waals surface area contributed by atoms with Crippen molar-refractivity contribution in [2.75, 3.05) is 19.9 Å². The summed E-state index contributed by atoms with van der Waals surface area (Å²) < 4.78 is 36.8. The molecule has 0 N–H and O–H groups in total. The molecule has 0 fully saturated rings. The molecule has 33 heavy (non-hydrogen) atoms. The number of aryl methyl sites for hydroxylation is 3. The van der Waals surface area contributed by atoms with Crippen LogP contribution in [0.15, 0.2) is 41.6 Å². The van der Waals surface area contributed by atoms with E-state index in [0.29, 0.717) is 10.7 Å². The van der Waals surface area contributed by atoms with Gasteiger partial charge in [0.2, 0.25) is 5.91 Å².